The Morgan fingerprint density at radius 2 is 1.89 bits per heavy atom. The number of hydrogen-bond donors (Lipinski definition) is 2. The molecule has 19 heavy (non-hydrogen) atoms. The minimum Gasteiger partial charge on any atom is -0.481 e. The van der Waals surface area contributed by atoms with Crippen molar-refractivity contribution in [2.45, 2.75) is 44.0 Å². The van der Waals surface area contributed by atoms with Gasteiger partial charge in [-0.1, -0.05) is 31.0 Å². The fourth-order valence-corrected chi connectivity index (χ4v) is 3.04. The third-order valence-electron chi connectivity index (χ3n) is 2.71. The molecular formula is C13H19NO4S. The van der Waals surface area contributed by atoms with Gasteiger partial charge in [-0.15, -0.1) is 0 Å². The average molecular weight is 285 g/mol. The van der Waals surface area contributed by atoms with Gasteiger partial charge in [-0.2, -0.15) is 0 Å². The molecule has 0 heterocycles. The van der Waals surface area contributed by atoms with Crippen molar-refractivity contribution in [2.24, 2.45) is 0 Å². The summed E-state index contributed by atoms with van der Waals surface area (Å²) in [5.41, 5.74) is 0.967. The third-order valence-corrected chi connectivity index (χ3v) is 4.25. The largest absolute Gasteiger partial charge is 0.481 e. The Kier molecular flexibility index (Phi) is 5.50. The van der Waals surface area contributed by atoms with E-state index < -0.39 is 22.0 Å². The van der Waals surface area contributed by atoms with Crippen LogP contribution in [-0.2, 0) is 14.8 Å². The summed E-state index contributed by atoms with van der Waals surface area (Å²) in [6.45, 7) is 3.75. The van der Waals surface area contributed by atoms with E-state index in [9.17, 15) is 13.2 Å². The number of nitrogens with one attached hydrogen (secondary N) is 1. The summed E-state index contributed by atoms with van der Waals surface area (Å²) in [5.74, 6) is -1.01. The maximum Gasteiger partial charge on any atom is 0.304 e. The quantitative estimate of drug-likeness (QED) is 0.801. The lowest BCUT2D eigenvalue weighted by Gasteiger charge is -2.16. The van der Waals surface area contributed by atoms with Crippen LogP contribution in [0, 0.1) is 6.92 Å². The molecule has 0 aliphatic heterocycles. The number of benzene rings is 1. The first kappa shape index (κ1) is 15.7. The fraction of sp³-hybridized carbons (Fsp3) is 0.462. The lowest BCUT2D eigenvalue weighted by molar-refractivity contribution is -0.137. The monoisotopic (exact) mass is 285 g/mol. The highest BCUT2D eigenvalue weighted by molar-refractivity contribution is 7.89. The lowest BCUT2D eigenvalue weighted by atomic mass is 10.1. The Morgan fingerprint density at radius 3 is 2.37 bits per heavy atom. The van der Waals surface area contributed by atoms with E-state index in [0.29, 0.717) is 12.8 Å². The molecule has 0 aliphatic rings. The van der Waals surface area contributed by atoms with Gasteiger partial charge in [0.2, 0.25) is 10.0 Å². The molecule has 0 aliphatic carbocycles. The van der Waals surface area contributed by atoms with Crippen molar-refractivity contribution in [1.82, 2.24) is 4.72 Å². The molecule has 0 saturated carbocycles. The van der Waals surface area contributed by atoms with E-state index in [0.717, 1.165) is 5.56 Å². The van der Waals surface area contributed by atoms with Crippen molar-refractivity contribution < 1.29 is 18.3 Å². The Hall–Kier alpha value is -1.40. The molecule has 0 bridgehead atoms. The van der Waals surface area contributed by atoms with Gasteiger partial charge in [-0.05, 0) is 25.5 Å². The first-order valence-corrected chi connectivity index (χ1v) is 7.64. The van der Waals surface area contributed by atoms with Gasteiger partial charge in [0, 0.05) is 6.04 Å². The zero-order chi connectivity index (χ0) is 14.5. The van der Waals surface area contributed by atoms with E-state index in [2.05, 4.69) is 4.72 Å². The Bertz CT molecular complexity index is 522. The van der Waals surface area contributed by atoms with Crippen molar-refractivity contribution in [3.8, 4) is 0 Å². The molecular weight excluding hydrogens is 266 g/mol. The predicted octanol–water partition coefficient (Wildman–Crippen LogP) is 1.92. The van der Waals surface area contributed by atoms with E-state index in [1.807, 2.05) is 13.8 Å². The van der Waals surface area contributed by atoms with Crippen LogP contribution in [0.3, 0.4) is 0 Å². The summed E-state index contributed by atoms with van der Waals surface area (Å²) < 4.78 is 26.7. The van der Waals surface area contributed by atoms with Crippen LogP contribution in [0.2, 0.25) is 0 Å². The topological polar surface area (TPSA) is 83.5 Å². The second kappa shape index (κ2) is 6.68. The van der Waals surface area contributed by atoms with Crippen molar-refractivity contribution >= 4 is 16.0 Å². The molecule has 1 rings (SSSR count). The normalized spacial score (nSPS) is 13.2. The average Bonchev–Trinajstić information content (AvgIpc) is 2.28. The molecule has 6 heteroatoms. The highest BCUT2D eigenvalue weighted by Gasteiger charge is 2.21. The highest BCUT2D eigenvalue weighted by Crippen LogP contribution is 2.13. The number of rotatable bonds is 7. The summed E-state index contributed by atoms with van der Waals surface area (Å²) in [7, 11) is -3.66. The maximum atomic E-state index is 12.1. The fourth-order valence-electron chi connectivity index (χ4n) is 1.77. The zero-order valence-electron chi connectivity index (χ0n) is 11.1. The standard InChI is InChI=1S/C13H19NO4S/c1-3-4-11(9-13(15)16)14-19(17,18)12-7-5-10(2)6-8-12/h5-8,11,14H,3-4,9H2,1-2H3,(H,15,16). The van der Waals surface area contributed by atoms with Crippen LogP contribution >= 0.6 is 0 Å². The molecule has 0 fully saturated rings. The smallest absolute Gasteiger partial charge is 0.304 e. The van der Waals surface area contributed by atoms with Gasteiger partial charge >= 0.3 is 5.97 Å². The summed E-state index contributed by atoms with van der Waals surface area (Å²) in [4.78, 5) is 10.9. The van der Waals surface area contributed by atoms with Gasteiger partial charge in [0.1, 0.15) is 0 Å². The van der Waals surface area contributed by atoms with Gasteiger partial charge < -0.3 is 5.11 Å². The molecule has 1 unspecified atom stereocenters. The van der Waals surface area contributed by atoms with Gasteiger partial charge in [0.05, 0.1) is 11.3 Å². The van der Waals surface area contributed by atoms with Crippen LogP contribution in [0.25, 0.3) is 0 Å². The summed E-state index contributed by atoms with van der Waals surface area (Å²) in [5, 5.41) is 8.78. The van der Waals surface area contributed by atoms with Gasteiger partial charge in [0.15, 0.2) is 0 Å². The molecule has 106 valence electrons. The van der Waals surface area contributed by atoms with Crippen LogP contribution in [0.4, 0.5) is 0 Å². The van der Waals surface area contributed by atoms with Crippen molar-refractivity contribution in [3.63, 3.8) is 0 Å². The van der Waals surface area contributed by atoms with Crippen LogP contribution in [0.15, 0.2) is 29.2 Å². The molecule has 0 radical (unpaired) electrons. The first-order valence-electron chi connectivity index (χ1n) is 6.16. The Balaban J connectivity index is 2.87. The number of aryl methyl sites for hydroxylation is 1. The number of carboxylic acids is 1. The molecule has 5 nitrogen and oxygen atoms in total. The molecule has 2 N–H and O–H groups in total. The summed E-state index contributed by atoms with van der Waals surface area (Å²) in [6.07, 6.45) is 1.00. The molecule has 1 aromatic rings. The maximum absolute atomic E-state index is 12.1. The molecule has 1 atom stereocenters. The molecule has 0 spiro atoms. The predicted molar refractivity (Wildman–Crippen MR) is 72.4 cm³/mol. The van der Waals surface area contributed by atoms with Crippen molar-refractivity contribution in [3.05, 3.63) is 29.8 Å². The van der Waals surface area contributed by atoms with Gasteiger partial charge in [-0.25, -0.2) is 13.1 Å². The minimum atomic E-state index is -3.66. The second-order valence-corrected chi connectivity index (χ2v) is 6.23. The zero-order valence-corrected chi connectivity index (χ0v) is 11.9. The van der Waals surface area contributed by atoms with Crippen LogP contribution in [-0.4, -0.2) is 25.5 Å². The van der Waals surface area contributed by atoms with Crippen LogP contribution in [0.5, 0.6) is 0 Å². The van der Waals surface area contributed by atoms with Crippen molar-refractivity contribution in [2.75, 3.05) is 0 Å². The van der Waals surface area contributed by atoms with Crippen LogP contribution < -0.4 is 4.72 Å². The molecule has 0 aromatic heterocycles. The van der Waals surface area contributed by atoms with E-state index in [1.54, 1.807) is 12.1 Å². The summed E-state index contributed by atoms with van der Waals surface area (Å²) >= 11 is 0. The number of hydrogen-bond acceptors (Lipinski definition) is 3. The van der Waals surface area contributed by atoms with Crippen LogP contribution in [0.1, 0.15) is 31.7 Å². The Morgan fingerprint density at radius 1 is 1.32 bits per heavy atom. The van der Waals surface area contributed by atoms with E-state index in [1.165, 1.54) is 12.1 Å². The highest BCUT2D eigenvalue weighted by atomic mass is 32.2. The van der Waals surface area contributed by atoms with Gasteiger partial charge in [-0.3, -0.25) is 4.79 Å². The first-order chi connectivity index (χ1) is 8.85. The summed E-state index contributed by atoms with van der Waals surface area (Å²) in [6, 6.07) is 5.87. The SMILES string of the molecule is CCCC(CC(=O)O)NS(=O)(=O)c1ccc(C)cc1. The second-order valence-electron chi connectivity index (χ2n) is 4.52. The number of carboxylic acid groups (broad SMARTS) is 1. The molecule has 1 aromatic carbocycles. The number of aliphatic carboxylic acids is 1. The minimum absolute atomic E-state index is 0.157. The van der Waals surface area contributed by atoms with Gasteiger partial charge in [0.25, 0.3) is 0 Å². The Labute approximate surface area is 113 Å². The van der Waals surface area contributed by atoms with Crippen molar-refractivity contribution in [1.29, 1.82) is 0 Å². The van der Waals surface area contributed by atoms with E-state index >= 15 is 0 Å². The number of sulfonamides is 1. The number of carbonyl (C=O) groups is 1. The molecule has 0 saturated heterocycles. The van der Waals surface area contributed by atoms with E-state index in [4.69, 9.17) is 5.11 Å². The third kappa shape index (κ3) is 5.00. The van der Waals surface area contributed by atoms with E-state index in [-0.39, 0.29) is 11.3 Å². The molecule has 0 amide bonds. The lowest BCUT2D eigenvalue weighted by Crippen LogP contribution is -2.36.